The summed E-state index contributed by atoms with van der Waals surface area (Å²) in [4.78, 5) is 3.58. The van der Waals surface area contributed by atoms with E-state index in [1.807, 2.05) is 0 Å². The second-order valence-corrected chi connectivity index (χ2v) is 2.72. The summed E-state index contributed by atoms with van der Waals surface area (Å²) in [6, 6.07) is 2.78. The van der Waals surface area contributed by atoms with Crippen LogP contribution in [-0.2, 0) is 6.42 Å². The molecule has 0 unspecified atom stereocenters. The molecular formula is C7H6ClF2NO. The largest absolute Gasteiger partial charge is 0.357 e. The maximum atomic E-state index is 12.0. The minimum atomic E-state index is -3.69. The summed E-state index contributed by atoms with van der Waals surface area (Å²) in [7, 11) is 0. The predicted octanol–water partition coefficient (Wildman–Crippen LogP) is 1.86. The maximum absolute atomic E-state index is 12.0. The number of hydrogen-bond donors (Lipinski definition) is 1. The van der Waals surface area contributed by atoms with Crippen molar-refractivity contribution in [2.24, 2.45) is 0 Å². The lowest BCUT2D eigenvalue weighted by molar-refractivity contribution is -0.196. The molecule has 1 aromatic rings. The lowest BCUT2D eigenvalue weighted by Crippen LogP contribution is -2.17. The van der Waals surface area contributed by atoms with Gasteiger partial charge in [-0.1, -0.05) is 17.7 Å². The van der Waals surface area contributed by atoms with Crippen LogP contribution in [0.2, 0.25) is 5.15 Å². The van der Waals surface area contributed by atoms with E-state index < -0.39 is 12.5 Å². The third-order valence-electron chi connectivity index (χ3n) is 1.21. The zero-order valence-corrected chi connectivity index (χ0v) is 6.72. The Balaban J connectivity index is 2.71. The Kier molecular flexibility index (Phi) is 2.59. The quantitative estimate of drug-likeness (QED) is 0.728. The number of aromatic nitrogens is 1. The molecule has 12 heavy (non-hydrogen) atoms. The van der Waals surface area contributed by atoms with Crippen LogP contribution in [0.1, 0.15) is 5.56 Å². The smallest absolute Gasteiger partial charge is 0.336 e. The number of rotatable bonds is 2. The Labute approximate surface area is 72.8 Å². The summed E-state index contributed by atoms with van der Waals surface area (Å²) in [5.74, 6) is 0. The van der Waals surface area contributed by atoms with E-state index in [1.54, 1.807) is 0 Å². The predicted molar refractivity (Wildman–Crippen MR) is 40.1 cm³/mol. The number of alkyl halides is 2. The monoisotopic (exact) mass is 193 g/mol. The molecule has 0 atom stereocenters. The molecule has 1 rings (SSSR count). The highest BCUT2D eigenvalue weighted by atomic mass is 35.5. The van der Waals surface area contributed by atoms with Crippen molar-refractivity contribution in [2.45, 2.75) is 12.5 Å². The fourth-order valence-corrected chi connectivity index (χ4v) is 0.868. The summed E-state index contributed by atoms with van der Waals surface area (Å²) >= 11 is 5.42. The van der Waals surface area contributed by atoms with Crippen molar-refractivity contribution in [3.05, 3.63) is 29.0 Å². The van der Waals surface area contributed by atoms with Crippen molar-refractivity contribution in [1.29, 1.82) is 0 Å². The third kappa shape index (κ3) is 3.11. The van der Waals surface area contributed by atoms with E-state index in [1.165, 1.54) is 18.3 Å². The molecule has 0 bridgehead atoms. The summed E-state index contributed by atoms with van der Waals surface area (Å²) < 4.78 is 24.0. The normalized spacial score (nSPS) is 11.7. The Bertz CT molecular complexity index is 257. The van der Waals surface area contributed by atoms with Crippen LogP contribution in [0.4, 0.5) is 8.78 Å². The molecule has 0 fully saturated rings. The van der Waals surface area contributed by atoms with Crippen LogP contribution in [0.5, 0.6) is 0 Å². The molecule has 0 aliphatic rings. The number of pyridine rings is 1. The van der Waals surface area contributed by atoms with Crippen molar-refractivity contribution in [1.82, 2.24) is 4.98 Å². The number of halogens is 3. The Morgan fingerprint density at radius 1 is 1.50 bits per heavy atom. The Hall–Kier alpha value is -0.740. The third-order valence-corrected chi connectivity index (χ3v) is 1.43. The van der Waals surface area contributed by atoms with E-state index in [4.69, 9.17) is 16.7 Å². The van der Waals surface area contributed by atoms with Gasteiger partial charge < -0.3 is 5.11 Å². The molecule has 2 nitrogen and oxygen atoms in total. The summed E-state index contributed by atoms with van der Waals surface area (Å²) in [6.45, 7) is 0. The fourth-order valence-electron chi connectivity index (χ4n) is 0.757. The lowest BCUT2D eigenvalue weighted by atomic mass is 10.2. The first kappa shape index (κ1) is 9.35. The van der Waals surface area contributed by atoms with Crippen LogP contribution < -0.4 is 0 Å². The topological polar surface area (TPSA) is 33.1 Å². The molecule has 0 spiro atoms. The van der Waals surface area contributed by atoms with Crippen LogP contribution in [0, 0.1) is 0 Å². The molecule has 0 aliphatic carbocycles. The second kappa shape index (κ2) is 3.33. The van der Waals surface area contributed by atoms with Crippen LogP contribution in [-0.4, -0.2) is 16.2 Å². The summed E-state index contributed by atoms with van der Waals surface area (Å²) in [6.07, 6.45) is -3.22. The van der Waals surface area contributed by atoms with Gasteiger partial charge in [0.2, 0.25) is 0 Å². The van der Waals surface area contributed by atoms with Gasteiger partial charge in [-0.2, -0.15) is 8.78 Å². The summed E-state index contributed by atoms with van der Waals surface area (Å²) in [5.41, 5.74) is 0.243. The second-order valence-electron chi connectivity index (χ2n) is 2.33. The molecule has 0 radical (unpaired) electrons. The number of nitrogens with zero attached hydrogens (tertiary/aromatic N) is 1. The van der Waals surface area contributed by atoms with E-state index in [9.17, 15) is 8.78 Å². The molecule has 1 aromatic heterocycles. The molecule has 1 heterocycles. The van der Waals surface area contributed by atoms with Gasteiger partial charge in [-0.3, -0.25) is 0 Å². The Morgan fingerprint density at radius 2 is 2.17 bits per heavy atom. The van der Waals surface area contributed by atoms with Gasteiger partial charge in [0.05, 0.1) is 6.42 Å². The molecule has 0 aromatic carbocycles. The SMILES string of the molecule is OC(F)(F)Cc1ccc(Cl)nc1. The molecule has 5 heteroatoms. The van der Waals surface area contributed by atoms with Crippen molar-refractivity contribution in [3.8, 4) is 0 Å². The molecule has 0 saturated heterocycles. The van der Waals surface area contributed by atoms with E-state index in [0.717, 1.165) is 0 Å². The first-order valence-electron chi connectivity index (χ1n) is 3.18. The van der Waals surface area contributed by atoms with Crippen LogP contribution in [0.15, 0.2) is 18.3 Å². The van der Waals surface area contributed by atoms with E-state index in [2.05, 4.69) is 4.98 Å². The zero-order valence-electron chi connectivity index (χ0n) is 5.97. The lowest BCUT2D eigenvalue weighted by Gasteiger charge is -2.07. The minimum absolute atomic E-state index is 0.236. The van der Waals surface area contributed by atoms with Crippen LogP contribution in [0.3, 0.4) is 0 Å². The minimum Gasteiger partial charge on any atom is -0.336 e. The standard InChI is InChI=1S/C7H6ClF2NO/c8-6-2-1-5(4-11-6)3-7(9,10)12/h1-2,4,12H,3H2. The average Bonchev–Trinajstić information content (AvgIpc) is 1.91. The first-order chi connectivity index (χ1) is 5.47. The molecule has 0 aliphatic heterocycles. The Morgan fingerprint density at radius 3 is 2.58 bits per heavy atom. The zero-order chi connectivity index (χ0) is 9.19. The van der Waals surface area contributed by atoms with Crippen molar-refractivity contribution in [3.63, 3.8) is 0 Å². The van der Waals surface area contributed by atoms with Gasteiger partial charge in [-0.25, -0.2) is 4.98 Å². The fraction of sp³-hybridized carbons (Fsp3) is 0.286. The highest BCUT2D eigenvalue weighted by Gasteiger charge is 2.24. The van der Waals surface area contributed by atoms with E-state index in [-0.39, 0.29) is 10.7 Å². The number of aliphatic hydroxyl groups is 1. The molecule has 1 N–H and O–H groups in total. The van der Waals surface area contributed by atoms with Gasteiger partial charge in [0.1, 0.15) is 5.15 Å². The molecular weight excluding hydrogens is 188 g/mol. The van der Waals surface area contributed by atoms with Crippen molar-refractivity contribution in [2.75, 3.05) is 0 Å². The van der Waals surface area contributed by atoms with Crippen LogP contribution >= 0.6 is 11.6 Å². The van der Waals surface area contributed by atoms with Crippen LogP contribution in [0.25, 0.3) is 0 Å². The summed E-state index contributed by atoms with van der Waals surface area (Å²) in [5, 5.41) is 8.38. The molecule has 66 valence electrons. The van der Waals surface area contributed by atoms with E-state index >= 15 is 0 Å². The molecule has 0 amide bonds. The highest BCUT2D eigenvalue weighted by Crippen LogP contribution is 2.16. The van der Waals surface area contributed by atoms with E-state index in [0.29, 0.717) is 0 Å². The van der Waals surface area contributed by atoms with Crippen molar-refractivity contribution < 1.29 is 13.9 Å². The van der Waals surface area contributed by atoms with Gasteiger partial charge in [0.15, 0.2) is 0 Å². The highest BCUT2D eigenvalue weighted by molar-refractivity contribution is 6.29. The van der Waals surface area contributed by atoms with Gasteiger partial charge in [0, 0.05) is 6.20 Å². The van der Waals surface area contributed by atoms with Gasteiger partial charge in [-0.05, 0) is 11.6 Å². The average molecular weight is 194 g/mol. The molecule has 0 saturated carbocycles. The van der Waals surface area contributed by atoms with Crippen molar-refractivity contribution >= 4 is 11.6 Å². The van der Waals surface area contributed by atoms with Gasteiger partial charge >= 0.3 is 6.11 Å². The van der Waals surface area contributed by atoms with Gasteiger partial charge in [-0.15, -0.1) is 0 Å². The first-order valence-corrected chi connectivity index (χ1v) is 3.56. The maximum Gasteiger partial charge on any atom is 0.357 e. The van der Waals surface area contributed by atoms with Gasteiger partial charge in [0.25, 0.3) is 0 Å². The number of hydrogen-bond acceptors (Lipinski definition) is 2.